The maximum Gasteiger partial charge on any atom is 0.416 e. The van der Waals surface area contributed by atoms with Crippen LogP contribution in [-0.2, 0) is 19.3 Å². The average molecular weight is 483 g/mol. The SMILES string of the molecule is CC(C)c1ccc(OCc2ccc(C(=O)Nc3cnn(Cc4cccc(C(F)(F)F)c4)c3)o2)cc1. The molecule has 0 atom stereocenters. The van der Waals surface area contributed by atoms with Gasteiger partial charge in [0.15, 0.2) is 5.76 Å². The number of carbonyl (C=O) groups excluding carboxylic acids is 1. The van der Waals surface area contributed by atoms with E-state index in [0.717, 1.165) is 12.1 Å². The van der Waals surface area contributed by atoms with Gasteiger partial charge in [0.1, 0.15) is 18.1 Å². The van der Waals surface area contributed by atoms with E-state index in [4.69, 9.17) is 9.15 Å². The minimum atomic E-state index is -4.41. The van der Waals surface area contributed by atoms with Crippen LogP contribution in [0.5, 0.6) is 5.75 Å². The van der Waals surface area contributed by atoms with Crippen molar-refractivity contribution in [2.24, 2.45) is 0 Å². The third-order valence-electron chi connectivity index (χ3n) is 5.30. The van der Waals surface area contributed by atoms with Crippen LogP contribution in [0.15, 0.2) is 77.5 Å². The molecule has 0 radical (unpaired) electrons. The number of furan rings is 1. The lowest BCUT2D eigenvalue weighted by molar-refractivity contribution is -0.137. The van der Waals surface area contributed by atoms with Gasteiger partial charge in [-0.15, -0.1) is 0 Å². The number of aromatic nitrogens is 2. The molecular weight excluding hydrogens is 459 g/mol. The van der Waals surface area contributed by atoms with Crippen LogP contribution in [0.3, 0.4) is 0 Å². The van der Waals surface area contributed by atoms with Gasteiger partial charge >= 0.3 is 6.18 Å². The predicted octanol–water partition coefficient (Wildman–Crippen LogP) is 6.50. The number of amides is 1. The molecule has 0 fully saturated rings. The van der Waals surface area contributed by atoms with E-state index in [2.05, 4.69) is 24.3 Å². The minimum absolute atomic E-state index is 0.101. The zero-order chi connectivity index (χ0) is 25.0. The summed E-state index contributed by atoms with van der Waals surface area (Å²) in [6.45, 7) is 4.53. The summed E-state index contributed by atoms with van der Waals surface area (Å²) in [6.07, 6.45) is -1.46. The summed E-state index contributed by atoms with van der Waals surface area (Å²) in [7, 11) is 0. The molecule has 4 rings (SSSR count). The van der Waals surface area contributed by atoms with Crippen molar-refractivity contribution >= 4 is 11.6 Å². The molecule has 2 aromatic carbocycles. The minimum Gasteiger partial charge on any atom is -0.486 e. The van der Waals surface area contributed by atoms with Gasteiger partial charge in [0, 0.05) is 6.20 Å². The fourth-order valence-corrected chi connectivity index (χ4v) is 3.42. The summed E-state index contributed by atoms with van der Waals surface area (Å²) in [5.41, 5.74) is 1.32. The van der Waals surface area contributed by atoms with Crippen LogP contribution in [0.4, 0.5) is 18.9 Å². The van der Waals surface area contributed by atoms with Gasteiger partial charge < -0.3 is 14.5 Å². The molecule has 0 saturated heterocycles. The van der Waals surface area contributed by atoms with Gasteiger partial charge in [0.2, 0.25) is 0 Å². The molecule has 9 heteroatoms. The van der Waals surface area contributed by atoms with Crippen molar-refractivity contribution < 1.29 is 27.1 Å². The van der Waals surface area contributed by atoms with Gasteiger partial charge in [0.05, 0.1) is 24.0 Å². The number of halogens is 3. The number of alkyl halides is 3. The predicted molar refractivity (Wildman–Crippen MR) is 124 cm³/mol. The maximum absolute atomic E-state index is 12.9. The first kappa shape index (κ1) is 24.1. The topological polar surface area (TPSA) is 69.3 Å². The van der Waals surface area contributed by atoms with E-state index in [1.54, 1.807) is 18.2 Å². The number of benzene rings is 2. The quantitative estimate of drug-likeness (QED) is 0.311. The highest BCUT2D eigenvalue weighted by Gasteiger charge is 2.30. The van der Waals surface area contributed by atoms with Gasteiger partial charge in [-0.2, -0.15) is 18.3 Å². The molecule has 0 aliphatic rings. The number of anilines is 1. The van der Waals surface area contributed by atoms with E-state index >= 15 is 0 Å². The fraction of sp³-hybridized carbons (Fsp3) is 0.231. The van der Waals surface area contributed by atoms with Gasteiger partial charge in [0.25, 0.3) is 5.91 Å². The maximum atomic E-state index is 12.9. The van der Waals surface area contributed by atoms with Crippen molar-refractivity contribution in [1.29, 1.82) is 0 Å². The number of rotatable bonds is 8. The molecular formula is C26H24F3N3O3. The van der Waals surface area contributed by atoms with E-state index in [9.17, 15) is 18.0 Å². The Kier molecular flexibility index (Phi) is 6.95. The lowest BCUT2D eigenvalue weighted by atomic mass is 10.0. The van der Waals surface area contributed by atoms with Crippen molar-refractivity contribution in [3.05, 3.63) is 101 Å². The largest absolute Gasteiger partial charge is 0.486 e. The Morgan fingerprint density at radius 3 is 2.60 bits per heavy atom. The second kappa shape index (κ2) is 10.1. The Morgan fingerprint density at radius 1 is 1.11 bits per heavy atom. The summed E-state index contributed by atoms with van der Waals surface area (Å²) in [5.74, 6) is 1.25. The Morgan fingerprint density at radius 2 is 1.89 bits per heavy atom. The molecule has 0 saturated carbocycles. The summed E-state index contributed by atoms with van der Waals surface area (Å²) in [6, 6.07) is 16.0. The van der Waals surface area contributed by atoms with Crippen molar-refractivity contribution in [2.75, 3.05) is 5.32 Å². The molecule has 4 aromatic rings. The smallest absolute Gasteiger partial charge is 0.416 e. The highest BCUT2D eigenvalue weighted by atomic mass is 19.4. The van der Waals surface area contributed by atoms with E-state index in [1.807, 2.05) is 24.3 Å². The van der Waals surface area contributed by atoms with E-state index in [0.29, 0.717) is 28.7 Å². The van der Waals surface area contributed by atoms with Gasteiger partial charge in [-0.3, -0.25) is 9.48 Å². The number of nitrogens with one attached hydrogen (secondary N) is 1. The number of hydrogen-bond acceptors (Lipinski definition) is 4. The summed E-state index contributed by atoms with van der Waals surface area (Å²) in [5, 5.41) is 6.77. The first-order valence-electron chi connectivity index (χ1n) is 11.0. The third kappa shape index (κ3) is 6.32. The van der Waals surface area contributed by atoms with Crippen molar-refractivity contribution in [1.82, 2.24) is 9.78 Å². The summed E-state index contributed by atoms with van der Waals surface area (Å²) in [4.78, 5) is 12.5. The van der Waals surface area contributed by atoms with Gasteiger partial charge in [-0.1, -0.05) is 38.1 Å². The molecule has 0 aliphatic carbocycles. The second-order valence-corrected chi connectivity index (χ2v) is 8.36. The molecule has 2 heterocycles. The van der Waals surface area contributed by atoms with E-state index < -0.39 is 17.6 Å². The van der Waals surface area contributed by atoms with Crippen molar-refractivity contribution in [3.63, 3.8) is 0 Å². The van der Waals surface area contributed by atoms with Crippen molar-refractivity contribution in [3.8, 4) is 5.75 Å². The molecule has 0 spiro atoms. The molecule has 1 N–H and O–H groups in total. The van der Waals surface area contributed by atoms with Crippen LogP contribution in [0.25, 0.3) is 0 Å². The fourth-order valence-electron chi connectivity index (χ4n) is 3.42. The molecule has 0 aliphatic heterocycles. The standard InChI is InChI=1S/C26H24F3N3O3/c1-17(2)19-6-8-22(9-7-19)34-16-23-10-11-24(35-23)25(33)31-21-13-30-32(15-21)14-18-4-3-5-20(12-18)26(27,28)29/h3-13,15,17H,14,16H2,1-2H3,(H,31,33). The van der Waals surface area contributed by atoms with Gasteiger partial charge in [-0.05, 0) is 53.4 Å². The zero-order valence-electron chi connectivity index (χ0n) is 19.2. The number of carbonyl (C=O) groups is 1. The van der Waals surface area contributed by atoms with Crippen LogP contribution in [0.2, 0.25) is 0 Å². The molecule has 1 amide bonds. The molecule has 0 bridgehead atoms. The number of hydrogen-bond donors (Lipinski definition) is 1. The lowest BCUT2D eigenvalue weighted by Crippen LogP contribution is -2.10. The molecule has 2 aromatic heterocycles. The monoisotopic (exact) mass is 483 g/mol. The lowest BCUT2D eigenvalue weighted by Gasteiger charge is -2.08. The van der Waals surface area contributed by atoms with Crippen LogP contribution >= 0.6 is 0 Å². The van der Waals surface area contributed by atoms with E-state index in [-0.39, 0.29) is 18.9 Å². The van der Waals surface area contributed by atoms with Crippen LogP contribution in [0, 0.1) is 0 Å². The first-order chi connectivity index (χ1) is 16.7. The normalized spacial score (nSPS) is 11.6. The van der Waals surface area contributed by atoms with Crippen molar-refractivity contribution in [2.45, 2.75) is 39.1 Å². The van der Waals surface area contributed by atoms with Crippen LogP contribution in [-0.4, -0.2) is 15.7 Å². The Hall–Kier alpha value is -4.01. The molecule has 0 unspecified atom stereocenters. The molecule has 6 nitrogen and oxygen atoms in total. The van der Waals surface area contributed by atoms with Crippen LogP contribution < -0.4 is 10.1 Å². The first-order valence-corrected chi connectivity index (χ1v) is 11.0. The highest BCUT2D eigenvalue weighted by molar-refractivity contribution is 6.02. The van der Waals surface area contributed by atoms with Gasteiger partial charge in [-0.25, -0.2) is 0 Å². The highest BCUT2D eigenvalue weighted by Crippen LogP contribution is 2.29. The Balaban J connectivity index is 1.32. The number of nitrogens with zero attached hydrogens (tertiary/aromatic N) is 2. The number of ether oxygens (including phenoxy) is 1. The Labute approximate surface area is 200 Å². The third-order valence-corrected chi connectivity index (χ3v) is 5.30. The summed E-state index contributed by atoms with van der Waals surface area (Å²) >= 11 is 0. The molecule has 182 valence electrons. The second-order valence-electron chi connectivity index (χ2n) is 8.36. The van der Waals surface area contributed by atoms with Crippen LogP contribution in [0.1, 0.15) is 52.8 Å². The van der Waals surface area contributed by atoms with E-state index in [1.165, 1.54) is 28.7 Å². The average Bonchev–Trinajstić information content (AvgIpc) is 3.47. The molecule has 35 heavy (non-hydrogen) atoms. The Bertz CT molecular complexity index is 1290. The summed E-state index contributed by atoms with van der Waals surface area (Å²) < 4.78 is 51.5. The zero-order valence-corrected chi connectivity index (χ0v) is 19.2.